The predicted molar refractivity (Wildman–Crippen MR) is 131 cm³/mol. The Kier molecular flexibility index (Phi) is 6.68. The fourth-order valence-electron chi connectivity index (χ4n) is 4.15. The predicted octanol–water partition coefficient (Wildman–Crippen LogP) is 5.84. The minimum Gasteiger partial charge on any atom is -0.353 e. The largest absolute Gasteiger partial charge is 0.353 e. The molecule has 166 valence electrons. The Bertz CT molecular complexity index is 1130. The summed E-state index contributed by atoms with van der Waals surface area (Å²) < 4.78 is 0. The number of piperazine rings is 1. The maximum atomic E-state index is 13.0. The van der Waals surface area contributed by atoms with Crippen LogP contribution >= 0.6 is 23.2 Å². The first-order valence-corrected chi connectivity index (χ1v) is 11.5. The molecule has 2 heterocycles. The van der Waals surface area contributed by atoms with Crippen molar-refractivity contribution in [2.45, 2.75) is 26.7 Å². The maximum Gasteiger partial charge on any atom is 0.255 e. The van der Waals surface area contributed by atoms with Crippen LogP contribution < -0.4 is 4.90 Å². The monoisotopic (exact) mass is 468 g/mol. The summed E-state index contributed by atoms with van der Waals surface area (Å²) in [5.41, 5.74) is 3.63. The molecule has 0 atom stereocenters. The standard InChI is InChI=1S/C25H26Cl2N4O/c1-16(2)22-17(3)28-23(18-7-5-4-6-8-18)29-24(22)30-11-13-31(14-12-30)25(32)20-10-9-19(26)15-21(20)27/h4-10,15-16H,11-14H2,1-3H3. The summed E-state index contributed by atoms with van der Waals surface area (Å²) in [7, 11) is 0. The number of aromatic nitrogens is 2. The van der Waals surface area contributed by atoms with Crippen LogP contribution in [0.1, 0.15) is 41.4 Å². The number of carbonyl (C=O) groups excluding carboxylic acids is 1. The number of benzene rings is 2. The lowest BCUT2D eigenvalue weighted by atomic mass is 10.0. The minimum absolute atomic E-state index is 0.0701. The third-order valence-electron chi connectivity index (χ3n) is 5.75. The Hall–Kier alpha value is -2.63. The number of carbonyl (C=O) groups is 1. The van der Waals surface area contributed by atoms with Gasteiger partial charge in [-0.1, -0.05) is 67.4 Å². The SMILES string of the molecule is Cc1nc(-c2ccccc2)nc(N2CCN(C(=O)c3ccc(Cl)cc3Cl)CC2)c1C(C)C. The molecule has 0 unspecified atom stereocenters. The molecule has 1 aromatic heterocycles. The number of amides is 1. The second kappa shape index (κ2) is 9.47. The third-order valence-corrected chi connectivity index (χ3v) is 6.30. The lowest BCUT2D eigenvalue weighted by Crippen LogP contribution is -2.49. The van der Waals surface area contributed by atoms with Gasteiger partial charge in [0.05, 0.1) is 10.6 Å². The normalized spacial score (nSPS) is 14.2. The Morgan fingerprint density at radius 1 is 0.969 bits per heavy atom. The number of halogens is 2. The number of aryl methyl sites for hydroxylation is 1. The van der Waals surface area contributed by atoms with Crippen LogP contribution in [0.25, 0.3) is 11.4 Å². The average molecular weight is 469 g/mol. The summed E-state index contributed by atoms with van der Waals surface area (Å²) in [6.45, 7) is 8.97. The van der Waals surface area contributed by atoms with Crippen LogP contribution in [0.4, 0.5) is 5.82 Å². The molecule has 1 aliphatic heterocycles. The van der Waals surface area contributed by atoms with E-state index in [-0.39, 0.29) is 5.91 Å². The van der Waals surface area contributed by atoms with Gasteiger partial charge in [0, 0.05) is 48.0 Å². The van der Waals surface area contributed by atoms with E-state index in [1.54, 1.807) is 18.2 Å². The number of nitrogens with zero attached hydrogens (tertiary/aromatic N) is 4. The molecule has 0 aliphatic carbocycles. The highest BCUT2D eigenvalue weighted by atomic mass is 35.5. The molecule has 2 aromatic carbocycles. The third kappa shape index (κ3) is 4.59. The van der Waals surface area contributed by atoms with Crippen LogP contribution in [0.2, 0.25) is 10.0 Å². The molecular formula is C25H26Cl2N4O. The van der Waals surface area contributed by atoms with Crippen molar-refractivity contribution in [1.82, 2.24) is 14.9 Å². The van der Waals surface area contributed by atoms with Gasteiger partial charge in [0.2, 0.25) is 0 Å². The van der Waals surface area contributed by atoms with Gasteiger partial charge >= 0.3 is 0 Å². The van der Waals surface area contributed by atoms with Gasteiger partial charge in [0.15, 0.2) is 5.82 Å². The van der Waals surface area contributed by atoms with Crippen LogP contribution in [0.3, 0.4) is 0 Å². The number of hydrogen-bond acceptors (Lipinski definition) is 4. The van der Waals surface area contributed by atoms with E-state index in [9.17, 15) is 4.79 Å². The smallest absolute Gasteiger partial charge is 0.255 e. The lowest BCUT2D eigenvalue weighted by molar-refractivity contribution is 0.0746. The molecule has 0 N–H and O–H groups in total. The summed E-state index contributed by atoms with van der Waals surface area (Å²) >= 11 is 12.2. The summed E-state index contributed by atoms with van der Waals surface area (Å²) in [4.78, 5) is 26.9. The number of rotatable bonds is 4. The van der Waals surface area contributed by atoms with E-state index in [0.717, 1.165) is 28.5 Å². The first-order valence-electron chi connectivity index (χ1n) is 10.8. The van der Waals surface area contributed by atoms with Crippen molar-refractivity contribution in [3.05, 3.63) is 75.4 Å². The van der Waals surface area contributed by atoms with Crippen LogP contribution in [-0.2, 0) is 0 Å². The first kappa shape index (κ1) is 22.6. The summed E-state index contributed by atoms with van der Waals surface area (Å²) in [5.74, 6) is 1.92. The highest BCUT2D eigenvalue weighted by molar-refractivity contribution is 6.36. The van der Waals surface area contributed by atoms with E-state index < -0.39 is 0 Å². The molecule has 1 fully saturated rings. The van der Waals surface area contributed by atoms with Crippen molar-refractivity contribution in [2.24, 2.45) is 0 Å². The zero-order valence-corrected chi connectivity index (χ0v) is 20.0. The van der Waals surface area contributed by atoms with Crippen molar-refractivity contribution in [3.63, 3.8) is 0 Å². The second-order valence-corrected chi connectivity index (χ2v) is 9.14. The second-order valence-electron chi connectivity index (χ2n) is 8.29. The van der Waals surface area contributed by atoms with Gasteiger partial charge in [0.25, 0.3) is 5.91 Å². The Balaban J connectivity index is 1.58. The molecule has 0 saturated carbocycles. The summed E-state index contributed by atoms with van der Waals surface area (Å²) in [6.07, 6.45) is 0. The van der Waals surface area contributed by atoms with Gasteiger partial charge < -0.3 is 9.80 Å². The molecule has 7 heteroatoms. The Labute approximate surface area is 199 Å². The van der Waals surface area contributed by atoms with Crippen molar-refractivity contribution in [3.8, 4) is 11.4 Å². The maximum absolute atomic E-state index is 13.0. The molecule has 1 aliphatic rings. The quantitative estimate of drug-likeness (QED) is 0.482. The average Bonchev–Trinajstić information content (AvgIpc) is 2.78. The van der Waals surface area contributed by atoms with Gasteiger partial charge in [-0.05, 0) is 31.0 Å². The fourth-order valence-corrected chi connectivity index (χ4v) is 4.64. The van der Waals surface area contributed by atoms with Gasteiger partial charge in [-0.3, -0.25) is 4.79 Å². The van der Waals surface area contributed by atoms with Crippen molar-refractivity contribution in [2.75, 3.05) is 31.1 Å². The van der Waals surface area contributed by atoms with Crippen LogP contribution in [0.15, 0.2) is 48.5 Å². The van der Waals surface area contributed by atoms with E-state index in [2.05, 4.69) is 25.7 Å². The molecule has 1 saturated heterocycles. The van der Waals surface area contributed by atoms with E-state index in [0.29, 0.717) is 47.7 Å². The van der Waals surface area contributed by atoms with Crippen LogP contribution in [0.5, 0.6) is 0 Å². The highest BCUT2D eigenvalue weighted by Crippen LogP contribution is 2.31. The molecule has 0 radical (unpaired) electrons. The zero-order chi connectivity index (χ0) is 22.8. The van der Waals surface area contributed by atoms with Crippen molar-refractivity contribution < 1.29 is 4.79 Å². The van der Waals surface area contributed by atoms with Gasteiger partial charge in [-0.25, -0.2) is 9.97 Å². The van der Waals surface area contributed by atoms with Gasteiger partial charge in [-0.15, -0.1) is 0 Å². The van der Waals surface area contributed by atoms with Crippen LogP contribution in [-0.4, -0.2) is 47.0 Å². The highest BCUT2D eigenvalue weighted by Gasteiger charge is 2.27. The number of anilines is 1. The number of hydrogen-bond donors (Lipinski definition) is 0. The molecule has 3 aromatic rings. The summed E-state index contributed by atoms with van der Waals surface area (Å²) in [5, 5.41) is 0.900. The Morgan fingerprint density at radius 2 is 1.66 bits per heavy atom. The van der Waals surface area contributed by atoms with E-state index in [4.69, 9.17) is 33.2 Å². The van der Waals surface area contributed by atoms with E-state index >= 15 is 0 Å². The fraction of sp³-hybridized carbons (Fsp3) is 0.320. The van der Waals surface area contributed by atoms with E-state index in [1.165, 1.54) is 0 Å². The van der Waals surface area contributed by atoms with Crippen LogP contribution in [0, 0.1) is 6.92 Å². The van der Waals surface area contributed by atoms with Gasteiger partial charge in [0.1, 0.15) is 5.82 Å². The molecule has 32 heavy (non-hydrogen) atoms. The summed E-state index contributed by atoms with van der Waals surface area (Å²) in [6, 6.07) is 15.0. The lowest BCUT2D eigenvalue weighted by Gasteiger charge is -2.37. The molecular weight excluding hydrogens is 443 g/mol. The van der Waals surface area contributed by atoms with Gasteiger partial charge in [-0.2, -0.15) is 0 Å². The van der Waals surface area contributed by atoms with Crippen molar-refractivity contribution in [1.29, 1.82) is 0 Å². The molecule has 5 nitrogen and oxygen atoms in total. The Morgan fingerprint density at radius 3 is 2.28 bits per heavy atom. The van der Waals surface area contributed by atoms with E-state index in [1.807, 2.05) is 35.2 Å². The molecule has 0 bridgehead atoms. The molecule has 1 amide bonds. The first-order chi connectivity index (χ1) is 15.3. The minimum atomic E-state index is -0.0701. The van der Waals surface area contributed by atoms with Crippen molar-refractivity contribution >= 4 is 34.9 Å². The zero-order valence-electron chi connectivity index (χ0n) is 18.5. The molecule has 4 rings (SSSR count). The molecule has 0 spiro atoms. The topological polar surface area (TPSA) is 49.3 Å².